The van der Waals surface area contributed by atoms with Gasteiger partial charge in [-0.25, -0.2) is 4.52 Å². The number of methoxy groups -OCH3 is 1. The molecule has 0 saturated heterocycles. The molecule has 0 bridgehead atoms. The number of rotatable bonds is 6. The van der Waals surface area contributed by atoms with Gasteiger partial charge in [-0.2, -0.15) is 5.10 Å². The summed E-state index contributed by atoms with van der Waals surface area (Å²) in [7, 11) is 1.38. The molecule has 0 amide bonds. The van der Waals surface area contributed by atoms with Crippen LogP contribution in [0.15, 0.2) is 42.7 Å². The van der Waals surface area contributed by atoms with E-state index in [1.54, 1.807) is 23.0 Å². The molecule has 2 aromatic heterocycles. The van der Waals surface area contributed by atoms with E-state index in [1.807, 2.05) is 31.2 Å². The topological polar surface area (TPSA) is 69.9 Å². The molecule has 0 atom stereocenters. The third-order valence-electron chi connectivity index (χ3n) is 4.05. The number of carbonyl (C=O) groups is 2. The van der Waals surface area contributed by atoms with Crippen LogP contribution in [0.5, 0.6) is 11.5 Å². The van der Waals surface area contributed by atoms with Gasteiger partial charge in [0, 0.05) is 24.2 Å². The summed E-state index contributed by atoms with van der Waals surface area (Å²) in [6.07, 6.45) is 5.08. The van der Waals surface area contributed by atoms with E-state index in [-0.39, 0.29) is 5.97 Å². The van der Waals surface area contributed by atoms with E-state index in [4.69, 9.17) is 4.74 Å². The Kier molecular flexibility index (Phi) is 4.79. The number of aromatic nitrogens is 2. The first-order valence-electron chi connectivity index (χ1n) is 7.88. The molecule has 6 heteroatoms. The molecular formula is C19H18N2O4. The number of carbonyl (C=O) groups excluding carboxylic acids is 2. The van der Waals surface area contributed by atoms with Crippen molar-refractivity contribution in [3.8, 4) is 11.5 Å². The van der Waals surface area contributed by atoms with Crippen molar-refractivity contribution in [2.24, 2.45) is 0 Å². The number of esters is 1. The summed E-state index contributed by atoms with van der Waals surface area (Å²) < 4.78 is 12.2. The first-order valence-corrected chi connectivity index (χ1v) is 7.88. The second-order valence-electron chi connectivity index (χ2n) is 5.64. The molecular weight excluding hydrogens is 320 g/mol. The zero-order valence-corrected chi connectivity index (χ0v) is 14.1. The molecule has 128 valence electrons. The average Bonchev–Trinajstić information content (AvgIpc) is 2.97. The summed E-state index contributed by atoms with van der Waals surface area (Å²) in [4.78, 5) is 22.3. The molecule has 0 fully saturated rings. The molecule has 3 rings (SSSR count). The Bertz CT molecular complexity index is 913. The number of aldehydes is 1. The first kappa shape index (κ1) is 16.7. The second kappa shape index (κ2) is 7.17. The molecule has 0 aliphatic rings. The molecule has 6 nitrogen and oxygen atoms in total. The average molecular weight is 338 g/mol. The van der Waals surface area contributed by atoms with E-state index in [0.29, 0.717) is 29.9 Å². The largest absolute Gasteiger partial charge is 0.469 e. The van der Waals surface area contributed by atoms with Crippen LogP contribution < -0.4 is 4.74 Å². The Hall–Kier alpha value is -3.15. The maximum atomic E-state index is 11.2. The number of nitrogens with zero attached hydrogens (tertiary/aromatic N) is 2. The van der Waals surface area contributed by atoms with E-state index >= 15 is 0 Å². The third kappa shape index (κ3) is 3.52. The van der Waals surface area contributed by atoms with Crippen LogP contribution in [0, 0.1) is 6.92 Å². The lowest BCUT2D eigenvalue weighted by Gasteiger charge is -2.09. The molecule has 25 heavy (non-hydrogen) atoms. The number of aryl methyl sites for hydroxylation is 2. The van der Waals surface area contributed by atoms with Crippen molar-refractivity contribution in [1.29, 1.82) is 0 Å². The Morgan fingerprint density at radius 2 is 2.00 bits per heavy atom. The molecule has 1 aromatic carbocycles. The molecule has 0 N–H and O–H groups in total. The lowest BCUT2D eigenvalue weighted by molar-refractivity contribution is -0.140. The van der Waals surface area contributed by atoms with Gasteiger partial charge in [-0.05, 0) is 36.6 Å². The van der Waals surface area contributed by atoms with Gasteiger partial charge < -0.3 is 9.47 Å². The fourth-order valence-corrected chi connectivity index (χ4v) is 2.64. The highest BCUT2D eigenvalue weighted by molar-refractivity contribution is 5.84. The minimum Gasteiger partial charge on any atom is -0.469 e. The lowest BCUT2D eigenvalue weighted by Crippen LogP contribution is -2.01. The number of benzene rings is 1. The van der Waals surface area contributed by atoms with Crippen LogP contribution in [-0.4, -0.2) is 29.0 Å². The number of fused-ring (bicyclic) bond motifs is 1. The van der Waals surface area contributed by atoms with Crippen LogP contribution >= 0.6 is 0 Å². The van der Waals surface area contributed by atoms with Gasteiger partial charge in [0.25, 0.3) is 0 Å². The van der Waals surface area contributed by atoms with Crippen LogP contribution in [-0.2, 0) is 16.0 Å². The van der Waals surface area contributed by atoms with Crippen molar-refractivity contribution >= 4 is 17.8 Å². The Labute approximate surface area is 145 Å². The van der Waals surface area contributed by atoms with Crippen molar-refractivity contribution in [2.45, 2.75) is 19.8 Å². The Morgan fingerprint density at radius 3 is 2.68 bits per heavy atom. The van der Waals surface area contributed by atoms with Crippen molar-refractivity contribution in [2.75, 3.05) is 7.11 Å². The van der Waals surface area contributed by atoms with Crippen LogP contribution in [0.1, 0.15) is 27.9 Å². The normalized spacial score (nSPS) is 10.6. The van der Waals surface area contributed by atoms with E-state index in [1.165, 1.54) is 7.11 Å². The molecule has 2 heterocycles. The maximum Gasteiger partial charge on any atom is 0.305 e. The summed E-state index contributed by atoms with van der Waals surface area (Å²) >= 11 is 0. The summed E-state index contributed by atoms with van der Waals surface area (Å²) in [6, 6.07) is 9.30. The number of ether oxygens (including phenoxy) is 2. The summed E-state index contributed by atoms with van der Waals surface area (Å²) in [5, 5.41) is 4.21. The predicted octanol–water partition coefficient (Wildman–Crippen LogP) is 3.35. The fraction of sp³-hybridized carbons (Fsp3) is 0.211. The molecule has 0 unspecified atom stereocenters. The van der Waals surface area contributed by atoms with Gasteiger partial charge in [0.1, 0.15) is 11.3 Å². The van der Waals surface area contributed by atoms with Crippen LogP contribution in [0.25, 0.3) is 5.52 Å². The smallest absolute Gasteiger partial charge is 0.305 e. The monoisotopic (exact) mass is 338 g/mol. The van der Waals surface area contributed by atoms with E-state index in [2.05, 4.69) is 9.84 Å². The maximum absolute atomic E-state index is 11.2. The molecule has 3 aromatic rings. The Morgan fingerprint density at radius 1 is 1.24 bits per heavy atom. The van der Waals surface area contributed by atoms with Crippen LogP contribution in [0.3, 0.4) is 0 Å². The van der Waals surface area contributed by atoms with Gasteiger partial charge in [0.05, 0.1) is 13.3 Å². The van der Waals surface area contributed by atoms with Crippen LogP contribution in [0.2, 0.25) is 0 Å². The second-order valence-corrected chi connectivity index (χ2v) is 5.64. The van der Waals surface area contributed by atoms with Crippen molar-refractivity contribution in [3.63, 3.8) is 0 Å². The zero-order chi connectivity index (χ0) is 17.8. The number of hydrogen-bond donors (Lipinski definition) is 0. The molecule has 0 aliphatic heterocycles. The zero-order valence-electron chi connectivity index (χ0n) is 14.1. The van der Waals surface area contributed by atoms with Gasteiger partial charge in [-0.1, -0.05) is 12.1 Å². The van der Waals surface area contributed by atoms with Crippen LogP contribution in [0.4, 0.5) is 0 Å². The van der Waals surface area contributed by atoms with Gasteiger partial charge in [0.15, 0.2) is 12.0 Å². The lowest BCUT2D eigenvalue weighted by atomic mass is 10.1. The molecule has 0 radical (unpaired) electrons. The van der Waals surface area contributed by atoms with E-state index in [9.17, 15) is 9.59 Å². The van der Waals surface area contributed by atoms with E-state index < -0.39 is 0 Å². The van der Waals surface area contributed by atoms with Crippen molar-refractivity contribution in [3.05, 3.63) is 59.4 Å². The third-order valence-corrected chi connectivity index (χ3v) is 4.05. The van der Waals surface area contributed by atoms with Gasteiger partial charge in [-0.3, -0.25) is 9.59 Å². The van der Waals surface area contributed by atoms with Crippen molar-refractivity contribution < 1.29 is 19.1 Å². The fourth-order valence-electron chi connectivity index (χ4n) is 2.64. The number of hydrogen-bond acceptors (Lipinski definition) is 5. The summed E-state index contributed by atoms with van der Waals surface area (Å²) in [5.41, 5.74) is 3.20. The minimum atomic E-state index is -0.228. The van der Waals surface area contributed by atoms with Crippen molar-refractivity contribution in [1.82, 2.24) is 9.61 Å². The highest BCUT2D eigenvalue weighted by atomic mass is 16.5. The Balaban J connectivity index is 1.81. The standard InChI is InChI=1S/C19H18N2O4/c1-13-15(12-22)11-21-19(13)17(9-10-20-21)25-16-6-3-14(4-7-16)5-8-18(23)24-2/h3-4,6-7,9-12H,5,8H2,1-2H3. The van der Waals surface area contributed by atoms with Gasteiger partial charge >= 0.3 is 5.97 Å². The summed E-state index contributed by atoms with van der Waals surface area (Å²) in [5.74, 6) is 1.07. The SMILES string of the molecule is COC(=O)CCc1ccc(Oc2ccnn3cc(C=O)c(C)c23)cc1. The summed E-state index contributed by atoms with van der Waals surface area (Å²) in [6.45, 7) is 1.86. The quantitative estimate of drug-likeness (QED) is 0.509. The van der Waals surface area contributed by atoms with E-state index in [0.717, 1.165) is 22.9 Å². The van der Waals surface area contributed by atoms with Gasteiger partial charge in [0.2, 0.25) is 0 Å². The highest BCUT2D eigenvalue weighted by Crippen LogP contribution is 2.29. The first-order chi connectivity index (χ1) is 12.1. The molecule has 0 saturated carbocycles. The minimum absolute atomic E-state index is 0.228. The highest BCUT2D eigenvalue weighted by Gasteiger charge is 2.12. The molecule has 0 aliphatic carbocycles. The predicted molar refractivity (Wildman–Crippen MR) is 92.2 cm³/mol. The molecule has 0 spiro atoms. The van der Waals surface area contributed by atoms with Gasteiger partial charge in [-0.15, -0.1) is 0 Å².